The Balaban J connectivity index is 2.18. The lowest BCUT2D eigenvalue weighted by Crippen LogP contribution is -2.15. The lowest BCUT2D eigenvalue weighted by atomic mass is 10.1. The molecule has 20 heavy (non-hydrogen) atoms. The molecule has 6 nitrogen and oxygen atoms in total. The van der Waals surface area contributed by atoms with Crippen LogP contribution in [0.1, 0.15) is 23.0 Å². The van der Waals surface area contributed by atoms with Crippen LogP contribution < -0.4 is 15.8 Å². The number of amides is 1. The number of nitrogens with one attached hydrogen (secondary N) is 1. The molecular formula is C14H18N4O2. The Hall–Kier alpha value is -2.34. The predicted molar refractivity (Wildman–Crippen MR) is 76.7 cm³/mol. The summed E-state index contributed by atoms with van der Waals surface area (Å²) in [6, 6.07) is 5.42. The molecule has 0 bridgehead atoms. The highest BCUT2D eigenvalue weighted by atomic mass is 16.5. The Morgan fingerprint density at radius 2 is 2.30 bits per heavy atom. The summed E-state index contributed by atoms with van der Waals surface area (Å²) in [5.74, 6) is 0.533. The average Bonchev–Trinajstić information content (AvgIpc) is 2.87. The summed E-state index contributed by atoms with van der Waals surface area (Å²) in [6.45, 7) is 2.84. The van der Waals surface area contributed by atoms with E-state index in [9.17, 15) is 4.79 Å². The van der Waals surface area contributed by atoms with Gasteiger partial charge in [-0.15, -0.1) is 0 Å². The van der Waals surface area contributed by atoms with E-state index in [-0.39, 0.29) is 5.91 Å². The molecule has 0 saturated carbocycles. The Kier molecular flexibility index (Phi) is 4.37. The molecule has 0 radical (unpaired) electrons. The Bertz CT molecular complexity index is 607. The molecule has 106 valence electrons. The van der Waals surface area contributed by atoms with Crippen molar-refractivity contribution in [2.45, 2.75) is 13.5 Å². The maximum absolute atomic E-state index is 12.1. The van der Waals surface area contributed by atoms with Crippen LogP contribution in [0.25, 0.3) is 0 Å². The van der Waals surface area contributed by atoms with Crippen molar-refractivity contribution in [3.05, 3.63) is 42.0 Å². The minimum atomic E-state index is -0.211. The fraction of sp³-hybridized carbons (Fsp3) is 0.286. The molecule has 2 rings (SSSR count). The molecule has 2 aromatic rings. The Labute approximate surface area is 117 Å². The van der Waals surface area contributed by atoms with Gasteiger partial charge in [0.15, 0.2) is 0 Å². The van der Waals surface area contributed by atoms with Crippen molar-refractivity contribution < 1.29 is 9.53 Å². The van der Waals surface area contributed by atoms with E-state index in [0.29, 0.717) is 24.5 Å². The first-order valence-corrected chi connectivity index (χ1v) is 6.39. The number of carbonyl (C=O) groups excluding carboxylic acids is 1. The number of anilines is 1. The molecule has 1 aromatic carbocycles. The molecular weight excluding hydrogens is 256 g/mol. The molecule has 0 spiro atoms. The molecule has 6 heteroatoms. The van der Waals surface area contributed by atoms with Crippen molar-refractivity contribution in [2.24, 2.45) is 12.8 Å². The van der Waals surface area contributed by atoms with Gasteiger partial charge >= 0.3 is 0 Å². The van der Waals surface area contributed by atoms with Crippen molar-refractivity contribution in [2.75, 3.05) is 11.9 Å². The van der Waals surface area contributed by atoms with Gasteiger partial charge in [0.2, 0.25) is 0 Å². The number of rotatable bonds is 5. The van der Waals surface area contributed by atoms with Crippen LogP contribution in [-0.4, -0.2) is 22.1 Å². The quantitative estimate of drug-likeness (QED) is 0.866. The standard InChI is InChI=1S/C14H18N4O2/c1-3-20-13-5-4-11(6-10(13)7-15)17-14(19)12-8-16-9-18(12)2/h4-6,8-9H,3,7,15H2,1-2H3,(H,17,19). The summed E-state index contributed by atoms with van der Waals surface area (Å²) in [5, 5.41) is 2.82. The van der Waals surface area contributed by atoms with Crippen molar-refractivity contribution in [1.82, 2.24) is 9.55 Å². The van der Waals surface area contributed by atoms with E-state index in [1.807, 2.05) is 19.1 Å². The molecule has 0 aliphatic heterocycles. The zero-order chi connectivity index (χ0) is 14.5. The van der Waals surface area contributed by atoms with Gasteiger partial charge in [-0.1, -0.05) is 0 Å². The van der Waals surface area contributed by atoms with E-state index in [1.54, 1.807) is 24.0 Å². The van der Waals surface area contributed by atoms with Crippen LogP contribution in [-0.2, 0) is 13.6 Å². The largest absolute Gasteiger partial charge is 0.494 e. The van der Waals surface area contributed by atoms with E-state index >= 15 is 0 Å². The van der Waals surface area contributed by atoms with Gasteiger partial charge in [-0.3, -0.25) is 4.79 Å². The number of aromatic nitrogens is 2. The molecule has 0 aliphatic carbocycles. The summed E-state index contributed by atoms with van der Waals surface area (Å²) < 4.78 is 7.13. The molecule has 0 fully saturated rings. The second kappa shape index (κ2) is 6.21. The molecule has 0 atom stereocenters. The van der Waals surface area contributed by atoms with Gasteiger partial charge in [-0.05, 0) is 25.1 Å². The molecule has 1 aromatic heterocycles. The number of benzene rings is 1. The highest BCUT2D eigenvalue weighted by Gasteiger charge is 2.11. The fourth-order valence-corrected chi connectivity index (χ4v) is 1.88. The maximum atomic E-state index is 12.1. The average molecular weight is 274 g/mol. The van der Waals surface area contributed by atoms with E-state index in [2.05, 4.69) is 10.3 Å². The highest BCUT2D eigenvalue weighted by Crippen LogP contribution is 2.22. The topological polar surface area (TPSA) is 82.2 Å². The van der Waals surface area contributed by atoms with Crippen LogP contribution in [0.15, 0.2) is 30.7 Å². The van der Waals surface area contributed by atoms with Gasteiger partial charge in [0.05, 0.1) is 19.1 Å². The van der Waals surface area contributed by atoms with Gasteiger partial charge in [-0.25, -0.2) is 4.98 Å². The van der Waals surface area contributed by atoms with E-state index in [1.165, 1.54) is 6.20 Å². The number of hydrogen-bond donors (Lipinski definition) is 2. The normalized spacial score (nSPS) is 10.3. The molecule has 0 saturated heterocycles. The van der Waals surface area contributed by atoms with E-state index in [4.69, 9.17) is 10.5 Å². The number of hydrogen-bond acceptors (Lipinski definition) is 4. The van der Waals surface area contributed by atoms with Gasteiger partial charge in [0.1, 0.15) is 11.4 Å². The lowest BCUT2D eigenvalue weighted by molar-refractivity contribution is 0.101. The van der Waals surface area contributed by atoms with Crippen molar-refractivity contribution in [3.8, 4) is 5.75 Å². The fourth-order valence-electron chi connectivity index (χ4n) is 1.88. The molecule has 3 N–H and O–H groups in total. The highest BCUT2D eigenvalue weighted by molar-refractivity contribution is 6.03. The summed E-state index contributed by atoms with van der Waals surface area (Å²) >= 11 is 0. The predicted octanol–water partition coefficient (Wildman–Crippen LogP) is 1.53. The lowest BCUT2D eigenvalue weighted by Gasteiger charge is -2.11. The number of aryl methyl sites for hydroxylation is 1. The van der Waals surface area contributed by atoms with Crippen LogP contribution in [0, 0.1) is 0 Å². The summed E-state index contributed by atoms with van der Waals surface area (Å²) in [7, 11) is 1.77. The Morgan fingerprint density at radius 3 is 2.90 bits per heavy atom. The molecule has 1 heterocycles. The number of nitrogens with zero attached hydrogens (tertiary/aromatic N) is 2. The smallest absolute Gasteiger partial charge is 0.273 e. The van der Waals surface area contributed by atoms with E-state index < -0.39 is 0 Å². The third kappa shape index (κ3) is 2.97. The Morgan fingerprint density at radius 1 is 1.50 bits per heavy atom. The second-order valence-electron chi connectivity index (χ2n) is 4.30. The summed E-state index contributed by atoms with van der Waals surface area (Å²) in [4.78, 5) is 16.0. The zero-order valence-electron chi connectivity index (χ0n) is 11.6. The first kappa shape index (κ1) is 14.1. The van der Waals surface area contributed by atoms with Crippen LogP contribution in [0.5, 0.6) is 5.75 Å². The molecule has 1 amide bonds. The summed E-state index contributed by atoms with van der Waals surface area (Å²) in [5.41, 5.74) is 7.72. The SMILES string of the molecule is CCOc1ccc(NC(=O)c2cncn2C)cc1CN. The second-order valence-corrected chi connectivity index (χ2v) is 4.30. The van der Waals surface area contributed by atoms with E-state index in [0.717, 1.165) is 11.3 Å². The van der Waals surface area contributed by atoms with Crippen LogP contribution in [0.3, 0.4) is 0 Å². The monoisotopic (exact) mass is 274 g/mol. The summed E-state index contributed by atoms with van der Waals surface area (Å²) in [6.07, 6.45) is 3.10. The number of carbonyl (C=O) groups is 1. The first-order chi connectivity index (χ1) is 9.65. The maximum Gasteiger partial charge on any atom is 0.273 e. The number of nitrogens with two attached hydrogens (primary N) is 1. The van der Waals surface area contributed by atoms with Gasteiger partial charge in [-0.2, -0.15) is 0 Å². The minimum absolute atomic E-state index is 0.211. The number of ether oxygens (including phenoxy) is 1. The molecule has 0 unspecified atom stereocenters. The third-order valence-corrected chi connectivity index (χ3v) is 2.89. The zero-order valence-corrected chi connectivity index (χ0v) is 11.6. The first-order valence-electron chi connectivity index (χ1n) is 6.39. The minimum Gasteiger partial charge on any atom is -0.494 e. The molecule has 0 aliphatic rings. The van der Waals surface area contributed by atoms with Crippen LogP contribution in [0.2, 0.25) is 0 Å². The van der Waals surface area contributed by atoms with Crippen molar-refractivity contribution >= 4 is 11.6 Å². The van der Waals surface area contributed by atoms with Crippen LogP contribution >= 0.6 is 0 Å². The van der Waals surface area contributed by atoms with Gasteiger partial charge < -0.3 is 20.4 Å². The van der Waals surface area contributed by atoms with Crippen LogP contribution in [0.4, 0.5) is 5.69 Å². The van der Waals surface area contributed by atoms with Crippen molar-refractivity contribution in [1.29, 1.82) is 0 Å². The van der Waals surface area contributed by atoms with Crippen molar-refractivity contribution in [3.63, 3.8) is 0 Å². The van der Waals surface area contributed by atoms with Gasteiger partial charge in [0, 0.05) is 24.8 Å². The number of imidazole rings is 1. The third-order valence-electron chi connectivity index (χ3n) is 2.89. The van der Waals surface area contributed by atoms with Gasteiger partial charge in [0.25, 0.3) is 5.91 Å².